The Morgan fingerprint density at radius 3 is 2.53 bits per heavy atom. The van der Waals surface area contributed by atoms with Crippen LogP contribution < -0.4 is 5.32 Å². The number of rotatable bonds is 3. The molecule has 0 radical (unpaired) electrons. The van der Waals surface area contributed by atoms with E-state index >= 15 is 0 Å². The molecule has 1 aliphatic rings. The van der Waals surface area contributed by atoms with Crippen LogP contribution in [-0.2, 0) is 6.54 Å². The Kier molecular flexibility index (Phi) is 3.84. The van der Waals surface area contributed by atoms with Crippen LogP contribution in [0.15, 0.2) is 0 Å². The molecule has 1 aromatic rings. The number of likely N-dealkylation sites (tertiary alicyclic amines) is 1. The van der Waals surface area contributed by atoms with Gasteiger partial charge in [-0.2, -0.15) is 5.10 Å². The van der Waals surface area contributed by atoms with Crippen molar-refractivity contribution in [1.82, 2.24) is 20.0 Å². The topological polar surface area (TPSA) is 33.1 Å². The molecule has 4 heteroatoms. The van der Waals surface area contributed by atoms with Crippen LogP contribution in [0.3, 0.4) is 0 Å². The van der Waals surface area contributed by atoms with Crippen LogP contribution in [0.2, 0.25) is 0 Å². The van der Waals surface area contributed by atoms with E-state index in [9.17, 15) is 0 Å². The maximum atomic E-state index is 4.74. The van der Waals surface area contributed by atoms with Crippen molar-refractivity contribution in [3.63, 3.8) is 0 Å². The van der Waals surface area contributed by atoms with Crippen molar-refractivity contribution in [3.8, 4) is 0 Å². The Hall–Kier alpha value is -0.870. The number of hydrogen-bond acceptors (Lipinski definition) is 3. The molecule has 2 rings (SSSR count). The zero-order valence-corrected chi connectivity index (χ0v) is 11.5. The van der Waals surface area contributed by atoms with Crippen molar-refractivity contribution in [1.29, 1.82) is 0 Å². The third kappa shape index (κ3) is 2.53. The van der Waals surface area contributed by atoms with E-state index in [0.29, 0.717) is 6.04 Å². The van der Waals surface area contributed by atoms with Crippen LogP contribution in [0.25, 0.3) is 0 Å². The van der Waals surface area contributed by atoms with Crippen molar-refractivity contribution in [3.05, 3.63) is 17.0 Å². The first-order chi connectivity index (χ1) is 8.13. The van der Waals surface area contributed by atoms with Gasteiger partial charge in [-0.25, -0.2) is 0 Å². The maximum Gasteiger partial charge on any atom is 0.0641 e. The van der Waals surface area contributed by atoms with Gasteiger partial charge in [0.1, 0.15) is 0 Å². The van der Waals surface area contributed by atoms with Gasteiger partial charge in [-0.05, 0) is 53.9 Å². The normalized spacial score (nSPS) is 18.8. The number of aromatic nitrogens is 2. The molecule has 0 unspecified atom stereocenters. The summed E-state index contributed by atoms with van der Waals surface area (Å²) in [5, 5.41) is 7.96. The maximum absolute atomic E-state index is 4.74. The molecule has 17 heavy (non-hydrogen) atoms. The van der Waals surface area contributed by atoms with Crippen LogP contribution in [0.4, 0.5) is 0 Å². The van der Waals surface area contributed by atoms with E-state index < -0.39 is 0 Å². The Morgan fingerprint density at radius 1 is 1.29 bits per heavy atom. The molecule has 96 valence electrons. The molecular formula is C13H24N4. The summed E-state index contributed by atoms with van der Waals surface area (Å²) in [4.78, 5) is 2.40. The molecule has 0 bridgehead atoms. The van der Waals surface area contributed by atoms with E-state index in [4.69, 9.17) is 5.10 Å². The monoisotopic (exact) mass is 236 g/mol. The fraction of sp³-hybridized carbons (Fsp3) is 0.769. The first kappa shape index (κ1) is 12.6. The average Bonchev–Trinajstić information content (AvgIpc) is 2.59. The largest absolute Gasteiger partial charge is 0.316 e. The van der Waals surface area contributed by atoms with E-state index in [1.165, 1.54) is 42.9 Å². The van der Waals surface area contributed by atoms with Crippen LogP contribution in [0, 0.1) is 13.8 Å². The first-order valence-corrected chi connectivity index (χ1v) is 6.51. The molecule has 1 saturated heterocycles. The fourth-order valence-electron chi connectivity index (χ4n) is 2.72. The van der Waals surface area contributed by atoms with Gasteiger partial charge in [0, 0.05) is 17.8 Å². The second-order valence-electron chi connectivity index (χ2n) is 5.16. The summed E-state index contributed by atoms with van der Waals surface area (Å²) in [7, 11) is 4.19. The number of piperidine rings is 1. The van der Waals surface area contributed by atoms with E-state index in [0.717, 1.165) is 6.54 Å². The minimum absolute atomic E-state index is 0.593. The van der Waals surface area contributed by atoms with Gasteiger partial charge in [0.15, 0.2) is 0 Å². The highest BCUT2D eigenvalue weighted by Crippen LogP contribution is 2.25. The summed E-state index contributed by atoms with van der Waals surface area (Å²) in [6.07, 6.45) is 2.44. The highest BCUT2D eigenvalue weighted by molar-refractivity contribution is 5.24. The minimum atomic E-state index is 0.593. The van der Waals surface area contributed by atoms with Gasteiger partial charge in [0.05, 0.1) is 11.7 Å². The second kappa shape index (κ2) is 5.19. The summed E-state index contributed by atoms with van der Waals surface area (Å²) in [6.45, 7) is 7.61. The van der Waals surface area contributed by atoms with Crippen molar-refractivity contribution >= 4 is 0 Å². The lowest BCUT2D eigenvalue weighted by atomic mass is 10.1. The highest BCUT2D eigenvalue weighted by Gasteiger charge is 2.22. The molecule has 0 aliphatic carbocycles. The van der Waals surface area contributed by atoms with Crippen LogP contribution >= 0.6 is 0 Å². The van der Waals surface area contributed by atoms with Crippen molar-refractivity contribution in [2.75, 3.05) is 27.2 Å². The Morgan fingerprint density at radius 2 is 1.94 bits per heavy atom. The van der Waals surface area contributed by atoms with Gasteiger partial charge in [0.2, 0.25) is 0 Å². The standard InChI is InChI=1S/C13H24N4/c1-10-13(9-14-3)11(2)17(15-10)12-5-7-16(4)8-6-12/h12,14H,5-9H2,1-4H3. The summed E-state index contributed by atoms with van der Waals surface area (Å²) >= 11 is 0. The molecule has 0 saturated carbocycles. The number of aryl methyl sites for hydroxylation is 1. The number of nitrogens with zero attached hydrogens (tertiary/aromatic N) is 3. The number of hydrogen-bond donors (Lipinski definition) is 1. The van der Waals surface area contributed by atoms with Gasteiger partial charge in [-0.15, -0.1) is 0 Å². The van der Waals surface area contributed by atoms with Gasteiger partial charge < -0.3 is 10.2 Å². The molecule has 1 fully saturated rings. The zero-order valence-electron chi connectivity index (χ0n) is 11.5. The van der Waals surface area contributed by atoms with E-state index in [-0.39, 0.29) is 0 Å². The molecule has 2 heterocycles. The van der Waals surface area contributed by atoms with Crippen LogP contribution in [0.1, 0.15) is 35.8 Å². The first-order valence-electron chi connectivity index (χ1n) is 6.51. The summed E-state index contributed by atoms with van der Waals surface area (Å²) in [5.74, 6) is 0. The van der Waals surface area contributed by atoms with Crippen LogP contribution in [0.5, 0.6) is 0 Å². The molecule has 1 aromatic heterocycles. The lowest BCUT2D eigenvalue weighted by Crippen LogP contribution is -2.32. The van der Waals surface area contributed by atoms with Crippen molar-refractivity contribution in [2.24, 2.45) is 0 Å². The minimum Gasteiger partial charge on any atom is -0.316 e. The van der Waals surface area contributed by atoms with Crippen molar-refractivity contribution in [2.45, 2.75) is 39.3 Å². The zero-order chi connectivity index (χ0) is 12.4. The Balaban J connectivity index is 2.18. The smallest absolute Gasteiger partial charge is 0.0641 e. The SMILES string of the molecule is CNCc1c(C)nn(C2CCN(C)CC2)c1C. The van der Waals surface area contributed by atoms with Crippen molar-refractivity contribution < 1.29 is 0 Å². The lowest BCUT2D eigenvalue weighted by molar-refractivity contribution is 0.210. The lowest BCUT2D eigenvalue weighted by Gasteiger charge is -2.29. The summed E-state index contributed by atoms with van der Waals surface area (Å²) < 4.78 is 2.26. The molecule has 0 aromatic carbocycles. The van der Waals surface area contributed by atoms with Gasteiger partial charge >= 0.3 is 0 Å². The molecule has 1 N–H and O–H groups in total. The summed E-state index contributed by atoms with van der Waals surface area (Å²) in [5.41, 5.74) is 3.88. The molecular weight excluding hydrogens is 212 g/mol. The Bertz CT molecular complexity index is 375. The third-order valence-electron chi connectivity index (χ3n) is 3.86. The molecule has 0 atom stereocenters. The van der Waals surface area contributed by atoms with Gasteiger partial charge in [0.25, 0.3) is 0 Å². The average molecular weight is 236 g/mol. The molecule has 1 aliphatic heterocycles. The molecule has 4 nitrogen and oxygen atoms in total. The Labute approximate surface area is 104 Å². The predicted molar refractivity (Wildman–Crippen MR) is 70.2 cm³/mol. The molecule has 0 amide bonds. The van der Waals surface area contributed by atoms with Gasteiger partial charge in [-0.1, -0.05) is 0 Å². The third-order valence-corrected chi connectivity index (χ3v) is 3.86. The van der Waals surface area contributed by atoms with E-state index in [2.05, 4.69) is 35.8 Å². The fourth-order valence-corrected chi connectivity index (χ4v) is 2.72. The van der Waals surface area contributed by atoms with Crippen LogP contribution in [-0.4, -0.2) is 41.9 Å². The molecule has 0 spiro atoms. The number of nitrogens with one attached hydrogen (secondary N) is 1. The second-order valence-corrected chi connectivity index (χ2v) is 5.16. The van der Waals surface area contributed by atoms with Gasteiger partial charge in [-0.3, -0.25) is 4.68 Å². The van der Waals surface area contributed by atoms with E-state index in [1.807, 2.05) is 7.05 Å². The van der Waals surface area contributed by atoms with E-state index in [1.54, 1.807) is 0 Å². The highest BCUT2D eigenvalue weighted by atomic mass is 15.3. The predicted octanol–water partition coefficient (Wildman–Crippen LogP) is 1.49. The summed E-state index contributed by atoms with van der Waals surface area (Å²) in [6, 6.07) is 0.593. The quantitative estimate of drug-likeness (QED) is 0.863.